The van der Waals surface area contributed by atoms with E-state index in [0.29, 0.717) is 0 Å². The Hall–Kier alpha value is -0.190. The maximum Gasteiger partial charge on any atom is 0.0254 e. The van der Waals surface area contributed by atoms with Gasteiger partial charge in [-0.15, -0.1) is 0 Å². The lowest BCUT2D eigenvalue weighted by atomic mass is 10.4. The summed E-state index contributed by atoms with van der Waals surface area (Å²) in [5, 5.41) is 5.02. The molecule has 8 heavy (non-hydrogen) atoms. The van der Waals surface area contributed by atoms with Gasteiger partial charge in [-0.3, -0.25) is 10.5 Å². The number of nitrogens with two attached hydrogens (primary N) is 1. The van der Waals surface area contributed by atoms with E-state index in [1.165, 1.54) is 0 Å². The second-order valence-electron chi connectivity index (χ2n) is 1.79. The molecule has 0 radical (unpaired) electrons. The first-order chi connectivity index (χ1) is 3.39. The first kappa shape index (κ1) is 7.81. The number of piperazine rings is 1. The van der Waals surface area contributed by atoms with Crippen molar-refractivity contribution < 1.29 is 4.70 Å². The van der Waals surface area contributed by atoms with Gasteiger partial charge in [-0.05, 0) is 0 Å². The molecule has 1 saturated heterocycles. The van der Waals surface area contributed by atoms with Crippen molar-refractivity contribution in [3.8, 4) is 0 Å². The van der Waals surface area contributed by atoms with Crippen LogP contribution in [0, 0.1) is 0 Å². The summed E-state index contributed by atoms with van der Waals surface area (Å²) < 4.78 is 0. The second kappa shape index (κ2) is 3.77. The third-order valence-corrected chi connectivity index (χ3v) is 1.15. The average molecular weight is 121 g/mol. The summed E-state index contributed by atoms with van der Waals surface area (Å²) in [6.07, 6.45) is 0. The third-order valence-electron chi connectivity index (χ3n) is 1.15. The van der Waals surface area contributed by atoms with Crippen LogP contribution in [0.15, 0.2) is 0 Å². The number of hydrazine groups is 1. The minimum atomic E-state index is 0. The maximum absolute atomic E-state index is 5.43. The first-order valence-electron chi connectivity index (χ1n) is 2.60. The fourth-order valence-electron chi connectivity index (χ4n) is 0.682. The van der Waals surface area contributed by atoms with Crippen molar-refractivity contribution in [3.63, 3.8) is 0 Å². The molecule has 3 nitrogen and oxygen atoms in total. The van der Waals surface area contributed by atoms with Crippen molar-refractivity contribution in [1.82, 2.24) is 10.3 Å². The predicted molar refractivity (Wildman–Crippen MR) is 31.1 cm³/mol. The molecule has 0 unspecified atom stereocenters. The number of nitrogens with one attached hydrogen (secondary N) is 1. The molecule has 1 heterocycles. The number of rotatable bonds is 0. The van der Waals surface area contributed by atoms with Crippen LogP contribution in [0.4, 0.5) is 4.70 Å². The summed E-state index contributed by atoms with van der Waals surface area (Å²) in [6, 6.07) is 0. The van der Waals surface area contributed by atoms with Gasteiger partial charge in [0.1, 0.15) is 0 Å². The predicted octanol–water partition coefficient (Wildman–Crippen LogP) is -1.08. The zero-order chi connectivity index (χ0) is 5.11. The van der Waals surface area contributed by atoms with Crippen LogP contribution in [-0.4, -0.2) is 31.2 Å². The Morgan fingerprint density at radius 3 is 2.00 bits per heavy atom. The van der Waals surface area contributed by atoms with Gasteiger partial charge >= 0.3 is 0 Å². The summed E-state index contributed by atoms with van der Waals surface area (Å²) >= 11 is 0. The Bertz CT molecular complexity index is 53.2. The number of hydrogen-bond acceptors (Lipinski definition) is 3. The van der Waals surface area contributed by atoms with Crippen molar-refractivity contribution in [1.29, 1.82) is 0 Å². The van der Waals surface area contributed by atoms with E-state index in [-0.39, 0.29) is 4.70 Å². The molecule has 0 atom stereocenters. The van der Waals surface area contributed by atoms with Gasteiger partial charge in [0, 0.05) is 26.2 Å². The molecule has 0 aromatic carbocycles. The molecule has 50 valence electrons. The molecule has 3 N–H and O–H groups in total. The van der Waals surface area contributed by atoms with Gasteiger partial charge in [0.05, 0.1) is 0 Å². The highest BCUT2D eigenvalue weighted by atomic mass is 19.0. The summed E-state index contributed by atoms with van der Waals surface area (Å²) in [5.41, 5.74) is 0. The highest BCUT2D eigenvalue weighted by Gasteiger charge is 2.01. The summed E-state index contributed by atoms with van der Waals surface area (Å²) in [6.45, 7) is 4.05. The Labute approximate surface area is 48.2 Å². The minimum Gasteiger partial charge on any atom is -0.314 e. The van der Waals surface area contributed by atoms with Crippen LogP contribution in [0.5, 0.6) is 0 Å². The van der Waals surface area contributed by atoms with Gasteiger partial charge in [0.25, 0.3) is 0 Å². The van der Waals surface area contributed by atoms with Crippen molar-refractivity contribution in [2.45, 2.75) is 0 Å². The second-order valence-corrected chi connectivity index (χ2v) is 1.79. The molecule has 1 aliphatic rings. The van der Waals surface area contributed by atoms with E-state index < -0.39 is 0 Å². The SMILES string of the molecule is F.NN1CCNCC1. The molecule has 0 saturated carbocycles. The summed E-state index contributed by atoms with van der Waals surface area (Å²) in [5.74, 6) is 5.43. The van der Waals surface area contributed by atoms with Gasteiger partial charge in [0.2, 0.25) is 0 Å². The fourth-order valence-corrected chi connectivity index (χ4v) is 0.682. The molecule has 0 aromatic rings. The molecule has 0 amide bonds. The average Bonchev–Trinajstić information content (AvgIpc) is 1.69. The molecule has 0 aliphatic carbocycles. The number of hydrogen-bond donors (Lipinski definition) is 2. The smallest absolute Gasteiger partial charge is 0.0254 e. The lowest BCUT2D eigenvalue weighted by molar-refractivity contribution is 0.248. The van der Waals surface area contributed by atoms with Crippen molar-refractivity contribution in [2.75, 3.05) is 26.2 Å². The zero-order valence-corrected chi connectivity index (χ0v) is 4.76. The van der Waals surface area contributed by atoms with E-state index in [1.54, 1.807) is 0 Å². The van der Waals surface area contributed by atoms with E-state index in [4.69, 9.17) is 5.84 Å². The Kier molecular flexibility index (Phi) is 3.68. The van der Waals surface area contributed by atoms with Gasteiger partial charge in [-0.25, -0.2) is 5.01 Å². The molecule has 0 bridgehead atoms. The van der Waals surface area contributed by atoms with Crippen molar-refractivity contribution in [3.05, 3.63) is 0 Å². The lowest BCUT2D eigenvalue weighted by Crippen LogP contribution is -2.47. The van der Waals surface area contributed by atoms with Gasteiger partial charge in [-0.1, -0.05) is 0 Å². The van der Waals surface area contributed by atoms with Crippen molar-refractivity contribution >= 4 is 0 Å². The van der Waals surface area contributed by atoms with Gasteiger partial charge < -0.3 is 5.32 Å². The Morgan fingerprint density at radius 2 is 1.75 bits per heavy atom. The number of halogens is 1. The zero-order valence-electron chi connectivity index (χ0n) is 4.76. The first-order valence-corrected chi connectivity index (χ1v) is 2.60. The van der Waals surface area contributed by atoms with E-state index in [2.05, 4.69) is 5.32 Å². The lowest BCUT2D eigenvalue weighted by Gasteiger charge is -2.21. The Balaban J connectivity index is 0.000000490. The molecule has 1 rings (SSSR count). The molecular weight excluding hydrogens is 109 g/mol. The summed E-state index contributed by atoms with van der Waals surface area (Å²) in [7, 11) is 0. The molecule has 1 fully saturated rings. The molecule has 4 heteroatoms. The number of nitrogens with zero attached hydrogens (tertiary/aromatic N) is 1. The van der Waals surface area contributed by atoms with E-state index in [1.807, 2.05) is 5.01 Å². The molecular formula is C4H12FN3. The highest BCUT2D eigenvalue weighted by Crippen LogP contribution is 1.79. The summed E-state index contributed by atoms with van der Waals surface area (Å²) in [4.78, 5) is 0. The molecule has 1 aliphatic heterocycles. The van der Waals surface area contributed by atoms with Crippen LogP contribution < -0.4 is 11.2 Å². The standard InChI is InChI=1S/C4H11N3.FH/c5-7-3-1-6-2-4-7;/h6H,1-5H2;1H. The third kappa shape index (κ3) is 2.20. The monoisotopic (exact) mass is 121 g/mol. The van der Waals surface area contributed by atoms with Crippen molar-refractivity contribution in [2.24, 2.45) is 5.84 Å². The normalized spacial score (nSPS) is 22.1. The van der Waals surface area contributed by atoms with Crippen LogP contribution in [0.1, 0.15) is 0 Å². The van der Waals surface area contributed by atoms with E-state index in [0.717, 1.165) is 26.2 Å². The van der Waals surface area contributed by atoms with Crippen LogP contribution in [0.25, 0.3) is 0 Å². The largest absolute Gasteiger partial charge is 0.314 e. The maximum atomic E-state index is 5.43. The van der Waals surface area contributed by atoms with Crippen LogP contribution in [0.2, 0.25) is 0 Å². The highest BCUT2D eigenvalue weighted by molar-refractivity contribution is 4.60. The van der Waals surface area contributed by atoms with Crippen LogP contribution in [-0.2, 0) is 0 Å². The quantitative estimate of drug-likeness (QED) is 0.400. The topological polar surface area (TPSA) is 41.3 Å². The van der Waals surface area contributed by atoms with Gasteiger partial charge in [0.15, 0.2) is 0 Å². The fraction of sp³-hybridized carbons (Fsp3) is 1.00. The van der Waals surface area contributed by atoms with Gasteiger partial charge in [-0.2, -0.15) is 0 Å². The van der Waals surface area contributed by atoms with Crippen LogP contribution in [0.3, 0.4) is 0 Å². The van der Waals surface area contributed by atoms with Crippen LogP contribution >= 0.6 is 0 Å². The molecule has 0 aromatic heterocycles. The van der Waals surface area contributed by atoms with E-state index in [9.17, 15) is 0 Å². The Morgan fingerprint density at radius 1 is 1.25 bits per heavy atom. The minimum absolute atomic E-state index is 0. The van der Waals surface area contributed by atoms with E-state index >= 15 is 0 Å². The molecule has 0 spiro atoms.